The molecule has 0 aliphatic rings. The summed E-state index contributed by atoms with van der Waals surface area (Å²) in [5.74, 6) is -3.31. The number of aryl methyl sites for hydroxylation is 2. The largest absolute Gasteiger partial charge is 0.483 e. The van der Waals surface area contributed by atoms with E-state index in [0.717, 1.165) is 17.5 Å². The number of thiazole rings is 1. The number of aromatic nitrogens is 4. The fourth-order valence-electron chi connectivity index (χ4n) is 2.48. The third-order valence-electron chi connectivity index (χ3n) is 3.89. The first-order valence-corrected chi connectivity index (χ1v) is 9.80. The summed E-state index contributed by atoms with van der Waals surface area (Å²) < 4.78 is 33.3. The van der Waals surface area contributed by atoms with Crippen LogP contribution in [0.1, 0.15) is 35.9 Å². The van der Waals surface area contributed by atoms with Gasteiger partial charge in [0.1, 0.15) is 18.2 Å². The summed E-state index contributed by atoms with van der Waals surface area (Å²) in [5.41, 5.74) is 3.27. The SMILES string of the molecule is CC(=O)Nc1cc(Nc2cc(C)nc(C(C)(F)F)n2)c(OCc2ncsc2C)cn1. The van der Waals surface area contributed by atoms with Crippen LogP contribution in [0, 0.1) is 13.8 Å². The van der Waals surface area contributed by atoms with Crippen LogP contribution in [0.25, 0.3) is 0 Å². The summed E-state index contributed by atoms with van der Waals surface area (Å²) >= 11 is 1.50. The highest BCUT2D eigenvalue weighted by molar-refractivity contribution is 7.09. The molecule has 0 radical (unpaired) electrons. The fraction of sp³-hybridized carbons (Fsp3) is 0.316. The fourth-order valence-corrected chi connectivity index (χ4v) is 3.07. The van der Waals surface area contributed by atoms with Crippen molar-refractivity contribution in [3.63, 3.8) is 0 Å². The second kappa shape index (κ2) is 8.66. The maximum atomic E-state index is 13.7. The van der Waals surface area contributed by atoms with Crippen molar-refractivity contribution in [3.05, 3.63) is 45.9 Å². The molecule has 30 heavy (non-hydrogen) atoms. The van der Waals surface area contributed by atoms with Crippen molar-refractivity contribution in [2.45, 2.75) is 40.2 Å². The monoisotopic (exact) mass is 434 g/mol. The van der Waals surface area contributed by atoms with E-state index in [1.54, 1.807) is 12.4 Å². The van der Waals surface area contributed by atoms with Gasteiger partial charge in [0.2, 0.25) is 11.7 Å². The van der Waals surface area contributed by atoms with Crippen LogP contribution in [0.4, 0.5) is 26.1 Å². The van der Waals surface area contributed by atoms with Crippen LogP contribution in [0.5, 0.6) is 5.75 Å². The third-order valence-corrected chi connectivity index (χ3v) is 4.69. The maximum Gasteiger partial charge on any atom is 0.303 e. The zero-order valence-electron chi connectivity index (χ0n) is 16.8. The minimum atomic E-state index is -3.19. The minimum Gasteiger partial charge on any atom is -0.483 e. The average Bonchev–Trinajstić information content (AvgIpc) is 3.04. The second-order valence-electron chi connectivity index (χ2n) is 6.62. The molecule has 0 unspecified atom stereocenters. The van der Waals surface area contributed by atoms with Crippen LogP contribution in [0.3, 0.4) is 0 Å². The lowest BCUT2D eigenvalue weighted by molar-refractivity contribution is -0.114. The van der Waals surface area contributed by atoms with E-state index in [-0.39, 0.29) is 24.1 Å². The van der Waals surface area contributed by atoms with E-state index < -0.39 is 11.7 Å². The highest BCUT2D eigenvalue weighted by Crippen LogP contribution is 2.31. The van der Waals surface area contributed by atoms with Crippen molar-refractivity contribution >= 4 is 34.6 Å². The molecule has 0 spiro atoms. The summed E-state index contributed by atoms with van der Waals surface area (Å²) in [5, 5.41) is 5.54. The van der Waals surface area contributed by atoms with E-state index in [2.05, 4.69) is 30.6 Å². The number of ether oxygens (including phenoxy) is 1. The number of alkyl halides is 2. The number of carbonyl (C=O) groups excluding carboxylic acids is 1. The number of anilines is 3. The first kappa shape index (κ1) is 21.5. The van der Waals surface area contributed by atoms with Crippen molar-refractivity contribution in [3.8, 4) is 5.75 Å². The lowest BCUT2D eigenvalue weighted by Crippen LogP contribution is -2.14. The quantitative estimate of drug-likeness (QED) is 0.570. The summed E-state index contributed by atoms with van der Waals surface area (Å²) in [6.07, 6.45) is 1.43. The lowest BCUT2D eigenvalue weighted by atomic mass is 10.3. The summed E-state index contributed by atoms with van der Waals surface area (Å²) in [6.45, 7) is 5.82. The first-order chi connectivity index (χ1) is 14.1. The summed E-state index contributed by atoms with van der Waals surface area (Å²) in [4.78, 5) is 28.5. The molecule has 0 aromatic carbocycles. The van der Waals surface area contributed by atoms with Gasteiger partial charge in [0.25, 0.3) is 0 Å². The molecule has 8 nitrogen and oxygen atoms in total. The highest BCUT2D eigenvalue weighted by Gasteiger charge is 2.29. The molecule has 158 valence electrons. The molecule has 3 aromatic heterocycles. The van der Waals surface area contributed by atoms with Crippen LogP contribution >= 0.6 is 11.3 Å². The van der Waals surface area contributed by atoms with Gasteiger partial charge in [-0.2, -0.15) is 8.78 Å². The van der Waals surface area contributed by atoms with Crippen molar-refractivity contribution < 1.29 is 18.3 Å². The van der Waals surface area contributed by atoms with E-state index in [4.69, 9.17) is 4.74 Å². The molecular formula is C19H20F2N6O2S. The highest BCUT2D eigenvalue weighted by atomic mass is 32.1. The van der Waals surface area contributed by atoms with E-state index in [1.165, 1.54) is 36.6 Å². The predicted octanol–water partition coefficient (Wildman–Crippen LogP) is 4.34. The standard InChI is InChI=1S/C19H20F2N6O2S/c1-10-5-17(27-18(24-10)19(4,20)21)26-13-6-16(25-12(3)28)22-7-15(13)29-8-14-11(2)30-9-23-14/h5-7,9H,8H2,1-4H3,(H2,22,24,25,26,27,28). The molecule has 3 aromatic rings. The van der Waals surface area contributed by atoms with Gasteiger partial charge in [-0.3, -0.25) is 4.79 Å². The zero-order valence-corrected chi connectivity index (χ0v) is 17.6. The molecule has 0 aliphatic heterocycles. The van der Waals surface area contributed by atoms with Gasteiger partial charge in [-0.25, -0.2) is 19.9 Å². The topological polar surface area (TPSA) is 102 Å². The van der Waals surface area contributed by atoms with Crippen LogP contribution < -0.4 is 15.4 Å². The van der Waals surface area contributed by atoms with Gasteiger partial charge < -0.3 is 15.4 Å². The van der Waals surface area contributed by atoms with Crippen LogP contribution in [0.15, 0.2) is 23.8 Å². The zero-order chi connectivity index (χ0) is 21.9. The van der Waals surface area contributed by atoms with Crippen LogP contribution in [-0.2, 0) is 17.3 Å². The smallest absolute Gasteiger partial charge is 0.303 e. The Labute approximate surface area is 175 Å². The molecule has 11 heteroatoms. The molecule has 2 N–H and O–H groups in total. The first-order valence-electron chi connectivity index (χ1n) is 8.92. The molecule has 0 saturated carbocycles. The van der Waals surface area contributed by atoms with Gasteiger partial charge in [0.15, 0.2) is 5.75 Å². The number of nitrogens with one attached hydrogen (secondary N) is 2. The van der Waals surface area contributed by atoms with E-state index in [9.17, 15) is 13.6 Å². The van der Waals surface area contributed by atoms with Gasteiger partial charge in [-0.05, 0) is 13.8 Å². The number of halogens is 2. The number of amides is 1. The molecule has 0 bridgehead atoms. The number of carbonyl (C=O) groups is 1. The van der Waals surface area contributed by atoms with Gasteiger partial charge in [-0.15, -0.1) is 11.3 Å². The van der Waals surface area contributed by atoms with Crippen molar-refractivity contribution in [2.75, 3.05) is 10.6 Å². The number of pyridine rings is 1. The number of hydrogen-bond acceptors (Lipinski definition) is 8. The summed E-state index contributed by atoms with van der Waals surface area (Å²) in [6, 6.07) is 3.06. The van der Waals surface area contributed by atoms with Crippen molar-refractivity contribution in [1.29, 1.82) is 0 Å². The molecule has 3 heterocycles. The van der Waals surface area contributed by atoms with Crippen molar-refractivity contribution in [1.82, 2.24) is 19.9 Å². The van der Waals surface area contributed by atoms with E-state index in [0.29, 0.717) is 17.1 Å². The maximum absolute atomic E-state index is 13.7. The Morgan fingerprint density at radius 3 is 2.60 bits per heavy atom. The predicted molar refractivity (Wildman–Crippen MR) is 109 cm³/mol. The molecule has 3 rings (SSSR count). The number of hydrogen-bond donors (Lipinski definition) is 2. The Hall–Kier alpha value is -3.21. The normalized spacial score (nSPS) is 11.3. The van der Waals surface area contributed by atoms with Crippen LogP contribution in [-0.4, -0.2) is 25.8 Å². The molecule has 0 fully saturated rings. The Morgan fingerprint density at radius 1 is 1.20 bits per heavy atom. The lowest BCUT2D eigenvalue weighted by Gasteiger charge is -2.16. The Morgan fingerprint density at radius 2 is 1.97 bits per heavy atom. The van der Waals surface area contributed by atoms with Crippen molar-refractivity contribution in [2.24, 2.45) is 0 Å². The van der Waals surface area contributed by atoms with Gasteiger partial charge in [-0.1, -0.05) is 0 Å². The summed E-state index contributed by atoms with van der Waals surface area (Å²) in [7, 11) is 0. The van der Waals surface area contributed by atoms with E-state index in [1.807, 2.05) is 6.92 Å². The third kappa shape index (κ3) is 5.44. The number of nitrogens with zero attached hydrogens (tertiary/aromatic N) is 4. The van der Waals surface area contributed by atoms with E-state index >= 15 is 0 Å². The molecule has 0 aliphatic carbocycles. The van der Waals surface area contributed by atoms with Gasteiger partial charge >= 0.3 is 5.92 Å². The Balaban J connectivity index is 1.93. The second-order valence-corrected chi connectivity index (χ2v) is 7.68. The number of rotatable bonds is 7. The van der Waals surface area contributed by atoms with Crippen LogP contribution in [0.2, 0.25) is 0 Å². The van der Waals surface area contributed by atoms with Gasteiger partial charge in [0, 0.05) is 36.6 Å². The van der Waals surface area contributed by atoms with Gasteiger partial charge in [0.05, 0.1) is 23.1 Å². The Bertz CT molecular complexity index is 1070. The minimum absolute atomic E-state index is 0.161. The molecular weight excluding hydrogens is 414 g/mol. The average molecular weight is 434 g/mol. The molecule has 0 saturated heterocycles. The molecule has 1 amide bonds. The Kier molecular flexibility index (Phi) is 6.20. The molecule has 0 atom stereocenters.